The molecule has 3 aliphatic heterocycles. The molecule has 9 nitrogen and oxygen atoms in total. The van der Waals surface area contributed by atoms with Crippen LogP contribution in [0.25, 0.3) is 0 Å². The monoisotopic (exact) mass is 490 g/mol. The Bertz CT molecular complexity index is 1150. The molecule has 0 radical (unpaired) electrons. The second-order valence-electron chi connectivity index (χ2n) is 10.1. The van der Waals surface area contributed by atoms with Crippen molar-refractivity contribution >= 4 is 23.8 Å². The van der Waals surface area contributed by atoms with Gasteiger partial charge in [-0.2, -0.15) is 4.98 Å². The molecule has 2 amide bonds. The summed E-state index contributed by atoms with van der Waals surface area (Å²) in [7, 11) is 0. The van der Waals surface area contributed by atoms with E-state index < -0.39 is 0 Å². The zero-order valence-electron chi connectivity index (χ0n) is 21.2. The van der Waals surface area contributed by atoms with Gasteiger partial charge in [-0.3, -0.25) is 14.6 Å². The van der Waals surface area contributed by atoms with Crippen molar-refractivity contribution in [2.24, 2.45) is 5.41 Å². The Morgan fingerprint density at radius 3 is 2.53 bits per heavy atom. The van der Waals surface area contributed by atoms with Crippen LogP contribution in [0.4, 0.5) is 16.6 Å². The van der Waals surface area contributed by atoms with Crippen LogP contribution in [0.1, 0.15) is 56.0 Å². The molecule has 1 N–H and O–H groups in total. The lowest BCUT2D eigenvalue weighted by Gasteiger charge is -2.61. The van der Waals surface area contributed by atoms with Crippen LogP contribution in [0.3, 0.4) is 0 Å². The molecule has 1 aromatic heterocycles. The molecule has 1 aromatic carbocycles. The van der Waals surface area contributed by atoms with Gasteiger partial charge in [0.1, 0.15) is 12.4 Å². The summed E-state index contributed by atoms with van der Waals surface area (Å²) in [5.74, 6) is 1.13. The number of carbonyl (C=O) groups is 2. The zero-order chi connectivity index (χ0) is 25.4. The first-order chi connectivity index (χ1) is 17.4. The SMILES string of the molecule is C=CC(=O)N1CC2(C1)CN(C(CC)c1ccc([C@H](C)Nc3ncc4c(n3)N(CC)C(=O)OC4)cc1)C2. The lowest BCUT2D eigenvalue weighted by atomic mass is 9.71. The fourth-order valence-corrected chi connectivity index (χ4v) is 5.66. The number of hydrogen-bond donors (Lipinski definition) is 1. The number of nitrogens with one attached hydrogen (secondary N) is 1. The fraction of sp³-hybridized carbons (Fsp3) is 0.481. The number of fused-ring (bicyclic) bond motifs is 1. The number of ether oxygens (including phenoxy) is 1. The number of amides is 2. The van der Waals surface area contributed by atoms with E-state index in [4.69, 9.17) is 4.74 Å². The van der Waals surface area contributed by atoms with Gasteiger partial charge in [0.05, 0.1) is 11.6 Å². The van der Waals surface area contributed by atoms with Crippen molar-refractivity contribution in [2.75, 3.05) is 42.9 Å². The maximum Gasteiger partial charge on any atom is 0.415 e. The standard InChI is InChI=1S/C27H34N6O3/c1-5-22(31-14-27(15-31)16-32(17-27)23(34)6-2)20-10-8-19(9-11-20)18(4)29-25-28-12-21-13-36-26(35)33(7-3)24(21)30-25/h6,8-12,18,22H,2,5,7,13-17H2,1,3-4H3,(H,28,29,30)/t18-,22?/m0/s1. The summed E-state index contributed by atoms with van der Waals surface area (Å²) >= 11 is 0. The van der Waals surface area contributed by atoms with Crippen LogP contribution in [0, 0.1) is 5.41 Å². The molecule has 0 saturated carbocycles. The number of nitrogens with zero attached hydrogens (tertiary/aromatic N) is 5. The van der Waals surface area contributed by atoms with Gasteiger partial charge < -0.3 is 15.0 Å². The molecule has 1 unspecified atom stereocenters. The maximum absolute atomic E-state index is 12.0. The smallest absolute Gasteiger partial charge is 0.415 e. The summed E-state index contributed by atoms with van der Waals surface area (Å²) in [4.78, 5) is 38.8. The summed E-state index contributed by atoms with van der Waals surface area (Å²) in [6.07, 6.45) is 3.79. The number of rotatable bonds is 8. The third-order valence-corrected chi connectivity index (χ3v) is 7.60. The summed E-state index contributed by atoms with van der Waals surface area (Å²) in [5.41, 5.74) is 3.52. The van der Waals surface area contributed by atoms with Gasteiger partial charge in [0, 0.05) is 50.4 Å². The van der Waals surface area contributed by atoms with Gasteiger partial charge in [-0.1, -0.05) is 37.8 Å². The molecule has 2 aromatic rings. The van der Waals surface area contributed by atoms with E-state index in [0.717, 1.165) is 43.7 Å². The third-order valence-electron chi connectivity index (χ3n) is 7.60. The van der Waals surface area contributed by atoms with E-state index in [0.29, 0.717) is 24.4 Å². The molecule has 0 aliphatic carbocycles. The van der Waals surface area contributed by atoms with Crippen molar-refractivity contribution in [3.63, 3.8) is 0 Å². The number of anilines is 2. The molecule has 36 heavy (non-hydrogen) atoms. The van der Waals surface area contributed by atoms with Crippen molar-refractivity contribution < 1.29 is 14.3 Å². The van der Waals surface area contributed by atoms with E-state index in [-0.39, 0.29) is 30.1 Å². The quantitative estimate of drug-likeness (QED) is 0.561. The Kier molecular flexibility index (Phi) is 6.42. The van der Waals surface area contributed by atoms with Crippen LogP contribution in [0.15, 0.2) is 43.1 Å². The highest BCUT2D eigenvalue weighted by Gasteiger charge is 2.53. The summed E-state index contributed by atoms with van der Waals surface area (Å²) in [5, 5.41) is 3.37. The van der Waals surface area contributed by atoms with E-state index in [2.05, 4.69) is 64.9 Å². The molecule has 9 heteroatoms. The second kappa shape index (κ2) is 9.54. The summed E-state index contributed by atoms with van der Waals surface area (Å²) in [6, 6.07) is 9.12. The van der Waals surface area contributed by atoms with Crippen molar-refractivity contribution in [3.8, 4) is 0 Å². The predicted octanol–water partition coefficient (Wildman–Crippen LogP) is 3.91. The molecule has 2 fully saturated rings. The van der Waals surface area contributed by atoms with Crippen LogP contribution >= 0.6 is 0 Å². The number of cyclic esters (lactones) is 1. The Morgan fingerprint density at radius 2 is 1.89 bits per heavy atom. The summed E-state index contributed by atoms with van der Waals surface area (Å²) < 4.78 is 5.17. The van der Waals surface area contributed by atoms with E-state index >= 15 is 0 Å². The first-order valence-corrected chi connectivity index (χ1v) is 12.7. The number of likely N-dealkylation sites (tertiary alicyclic amines) is 2. The normalized spacial score (nSPS) is 20.0. The Balaban J connectivity index is 1.21. The van der Waals surface area contributed by atoms with Crippen molar-refractivity contribution in [2.45, 2.75) is 45.9 Å². The highest BCUT2D eigenvalue weighted by atomic mass is 16.6. The lowest BCUT2D eigenvalue weighted by Crippen LogP contribution is -2.72. The fourth-order valence-electron chi connectivity index (χ4n) is 5.66. The number of aromatic nitrogens is 2. The van der Waals surface area contributed by atoms with Crippen molar-refractivity contribution in [1.82, 2.24) is 19.8 Å². The molecular weight excluding hydrogens is 456 g/mol. The van der Waals surface area contributed by atoms with Crippen LogP contribution < -0.4 is 10.2 Å². The Labute approximate surface area is 212 Å². The molecule has 1 spiro atoms. The van der Waals surface area contributed by atoms with E-state index in [9.17, 15) is 9.59 Å². The van der Waals surface area contributed by atoms with Gasteiger partial charge in [0.15, 0.2) is 0 Å². The van der Waals surface area contributed by atoms with Gasteiger partial charge in [0.2, 0.25) is 11.9 Å². The Hall–Kier alpha value is -3.46. The number of carbonyl (C=O) groups excluding carboxylic acids is 2. The molecule has 2 saturated heterocycles. The minimum Gasteiger partial charge on any atom is -0.444 e. The zero-order valence-corrected chi connectivity index (χ0v) is 21.2. The molecule has 3 aliphatic rings. The third kappa shape index (κ3) is 4.32. The highest BCUT2D eigenvalue weighted by molar-refractivity contribution is 5.89. The van der Waals surface area contributed by atoms with Gasteiger partial charge in [-0.15, -0.1) is 0 Å². The number of benzene rings is 1. The second-order valence-corrected chi connectivity index (χ2v) is 10.1. The van der Waals surface area contributed by atoms with Gasteiger partial charge in [-0.25, -0.2) is 9.78 Å². The Morgan fingerprint density at radius 1 is 1.19 bits per heavy atom. The number of hydrogen-bond acceptors (Lipinski definition) is 7. The largest absolute Gasteiger partial charge is 0.444 e. The lowest BCUT2D eigenvalue weighted by molar-refractivity contribution is -0.159. The van der Waals surface area contributed by atoms with Gasteiger partial charge >= 0.3 is 6.09 Å². The average Bonchev–Trinajstić information content (AvgIpc) is 2.84. The first-order valence-electron chi connectivity index (χ1n) is 12.7. The average molecular weight is 491 g/mol. The van der Waals surface area contributed by atoms with Crippen LogP contribution in [0.5, 0.6) is 0 Å². The minimum absolute atomic E-state index is 0.00145. The minimum atomic E-state index is -0.378. The van der Waals surface area contributed by atoms with Crippen molar-refractivity contribution in [3.05, 3.63) is 59.8 Å². The highest BCUT2D eigenvalue weighted by Crippen LogP contribution is 2.44. The molecule has 5 rings (SSSR count). The van der Waals surface area contributed by atoms with Gasteiger partial charge in [-0.05, 0) is 37.5 Å². The first kappa shape index (κ1) is 24.2. The summed E-state index contributed by atoms with van der Waals surface area (Å²) in [6.45, 7) is 14.2. The molecule has 190 valence electrons. The van der Waals surface area contributed by atoms with E-state index in [1.807, 2.05) is 11.8 Å². The molecule has 2 atom stereocenters. The molecule has 4 heterocycles. The van der Waals surface area contributed by atoms with Crippen LogP contribution in [-0.2, 0) is 16.1 Å². The van der Waals surface area contributed by atoms with Crippen LogP contribution in [0.2, 0.25) is 0 Å². The molecule has 0 bridgehead atoms. The maximum atomic E-state index is 12.0. The van der Waals surface area contributed by atoms with E-state index in [1.54, 1.807) is 6.20 Å². The topological polar surface area (TPSA) is 90.9 Å². The van der Waals surface area contributed by atoms with E-state index in [1.165, 1.54) is 16.5 Å². The van der Waals surface area contributed by atoms with Crippen LogP contribution in [-0.4, -0.2) is 64.5 Å². The molecular formula is C27H34N6O3. The van der Waals surface area contributed by atoms with Crippen molar-refractivity contribution in [1.29, 1.82) is 0 Å². The van der Waals surface area contributed by atoms with Gasteiger partial charge in [0.25, 0.3) is 0 Å². The predicted molar refractivity (Wildman–Crippen MR) is 138 cm³/mol.